The number of likely N-dealkylation sites (tertiary alicyclic amines) is 1. The molecule has 16 heavy (non-hydrogen) atoms. The zero-order valence-electron chi connectivity index (χ0n) is 10.3. The number of nitrogens with zero attached hydrogens (tertiary/aromatic N) is 1. The molecule has 1 fully saturated rings. The molecule has 1 aliphatic rings. The van der Waals surface area contributed by atoms with Gasteiger partial charge < -0.3 is 20.5 Å². The van der Waals surface area contributed by atoms with Crippen LogP contribution in [0.2, 0.25) is 0 Å². The largest absolute Gasteiger partial charge is 0.444 e. The van der Waals surface area contributed by atoms with Gasteiger partial charge in [0.2, 0.25) is 0 Å². The van der Waals surface area contributed by atoms with Crippen molar-refractivity contribution in [3.05, 3.63) is 0 Å². The molecule has 0 aliphatic carbocycles. The van der Waals surface area contributed by atoms with Crippen LogP contribution in [0.1, 0.15) is 27.2 Å². The van der Waals surface area contributed by atoms with E-state index in [1.165, 1.54) is 0 Å². The monoisotopic (exact) mass is 230 g/mol. The third kappa shape index (κ3) is 3.09. The van der Waals surface area contributed by atoms with E-state index >= 15 is 0 Å². The number of aliphatic hydroxyl groups excluding tert-OH is 1. The van der Waals surface area contributed by atoms with Gasteiger partial charge in [0.1, 0.15) is 5.60 Å². The Morgan fingerprint density at radius 3 is 2.44 bits per heavy atom. The maximum absolute atomic E-state index is 11.6. The summed E-state index contributed by atoms with van der Waals surface area (Å²) >= 11 is 0. The molecule has 0 saturated carbocycles. The Morgan fingerprint density at radius 1 is 1.50 bits per heavy atom. The minimum Gasteiger partial charge on any atom is -0.444 e. The summed E-state index contributed by atoms with van der Waals surface area (Å²) in [5, 5.41) is 8.92. The fourth-order valence-electron chi connectivity index (χ4n) is 1.85. The van der Waals surface area contributed by atoms with Crippen LogP contribution in [0.25, 0.3) is 0 Å². The summed E-state index contributed by atoms with van der Waals surface area (Å²) in [6.07, 6.45) is 0.345. The van der Waals surface area contributed by atoms with Crippen molar-refractivity contribution in [1.29, 1.82) is 0 Å². The van der Waals surface area contributed by atoms with E-state index < -0.39 is 5.60 Å². The highest BCUT2D eigenvalue weighted by atomic mass is 16.6. The van der Waals surface area contributed by atoms with Gasteiger partial charge in [0.25, 0.3) is 0 Å². The Labute approximate surface area is 96.6 Å². The summed E-state index contributed by atoms with van der Waals surface area (Å²) in [6.45, 7) is 7.29. The zero-order chi connectivity index (χ0) is 12.4. The molecule has 1 amide bonds. The first kappa shape index (κ1) is 13.3. The van der Waals surface area contributed by atoms with Gasteiger partial charge in [-0.15, -0.1) is 0 Å². The second kappa shape index (κ2) is 4.59. The van der Waals surface area contributed by atoms with Crippen molar-refractivity contribution in [2.24, 2.45) is 11.1 Å². The van der Waals surface area contributed by atoms with Crippen LogP contribution in [-0.2, 0) is 4.74 Å². The van der Waals surface area contributed by atoms with E-state index in [1.807, 2.05) is 20.8 Å². The van der Waals surface area contributed by atoms with Gasteiger partial charge in [0, 0.05) is 31.7 Å². The Morgan fingerprint density at radius 2 is 2.06 bits per heavy atom. The third-order valence-electron chi connectivity index (χ3n) is 2.78. The van der Waals surface area contributed by atoms with E-state index in [9.17, 15) is 4.79 Å². The van der Waals surface area contributed by atoms with Crippen molar-refractivity contribution < 1.29 is 14.6 Å². The minimum atomic E-state index is -0.463. The number of aliphatic hydroxyl groups is 1. The lowest BCUT2D eigenvalue weighted by Gasteiger charge is -2.49. The lowest BCUT2D eigenvalue weighted by atomic mass is 9.77. The first-order valence-electron chi connectivity index (χ1n) is 5.61. The average molecular weight is 230 g/mol. The van der Waals surface area contributed by atoms with E-state index in [2.05, 4.69) is 0 Å². The Hall–Kier alpha value is -0.810. The molecule has 0 atom stereocenters. The Bertz CT molecular complexity index is 254. The second-order valence-corrected chi connectivity index (χ2v) is 5.51. The smallest absolute Gasteiger partial charge is 0.410 e. The molecule has 0 spiro atoms. The van der Waals surface area contributed by atoms with Crippen molar-refractivity contribution in [2.45, 2.75) is 32.8 Å². The van der Waals surface area contributed by atoms with Crippen LogP contribution in [0.3, 0.4) is 0 Å². The van der Waals surface area contributed by atoms with E-state index in [-0.39, 0.29) is 18.1 Å². The van der Waals surface area contributed by atoms with Gasteiger partial charge >= 0.3 is 6.09 Å². The van der Waals surface area contributed by atoms with Crippen LogP contribution in [-0.4, -0.2) is 47.9 Å². The third-order valence-corrected chi connectivity index (χ3v) is 2.78. The minimum absolute atomic E-state index is 0.106. The van der Waals surface area contributed by atoms with E-state index in [4.69, 9.17) is 15.6 Å². The molecule has 0 bridgehead atoms. The summed E-state index contributed by atoms with van der Waals surface area (Å²) in [4.78, 5) is 13.3. The fourth-order valence-corrected chi connectivity index (χ4v) is 1.85. The molecule has 0 unspecified atom stereocenters. The van der Waals surface area contributed by atoms with Gasteiger partial charge in [-0.2, -0.15) is 0 Å². The van der Waals surface area contributed by atoms with Gasteiger partial charge in [-0.3, -0.25) is 0 Å². The first-order valence-corrected chi connectivity index (χ1v) is 5.61. The van der Waals surface area contributed by atoms with E-state index in [1.54, 1.807) is 4.90 Å². The van der Waals surface area contributed by atoms with Crippen molar-refractivity contribution in [3.63, 3.8) is 0 Å². The quantitative estimate of drug-likeness (QED) is 0.743. The van der Waals surface area contributed by atoms with Crippen LogP contribution in [0.5, 0.6) is 0 Å². The number of amides is 1. The maximum atomic E-state index is 11.6. The van der Waals surface area contributed by atoms with Crippen LogP contribution in [0.15, 0.2) is 0 Å². The molecule has 0 aromatic heterocycles. The van der Waals surface area contributed by atoms with Gasteiger partial charge in [-0.1, -0.05) is 0 Å². The molecular formula is C11H22N2O3. The van der Waals surface area contributed by atoms with Gasteiger partial charge in [-0.25, -0.2) is 4.79 Å². The Kier molecular flexibility index (Phi) is 3.80. The molecule has 5 nitrogen and oxygen atoms in total. The lowest BCUT2D eigenvalue weighted by Crippen LogP contribution is -2.62. The number of rotatable bonds is 3. The summed E-state index contributed by atoms with van der Waals surface area (Å²) in [6, 6.07) is 0. The number of carbonyl (C=O) groups excluding carboxylic acids is 1. The summed E-state index contributed by atoms with van der Waals surface area (Å²) in [7, 11) is 0. The van der Waals surface area contributed by atoms with Gasteiger partial charge in [0.05, 0.1) is 0 Å². The summed E-state index contributed by atoms with van der Waals surface area (Å²) < 4.78 is 5.24. The van der Waals surface area contributed by atoms with Gasteiger partial charge in [-0.05, 0) is 27.2 Å². The highest BCUT2D eigenvalue weighted by Gasteiger charge is 2.44. The van der Waals surface area contributed by atoms with E-state index in [0.717, 1.165) is 0 Å². The number of carbonyl (C=O) groups is 1. The number of hydrogen-bond acceptors (Lipinski definition) is 4. The van der Waals surface area contributed by atoms with Crippen LogP contribution < -0.4 is 5.73 Å². The highest BCUT2D eigenvalue weighted by Crippen LogP contribution is 2.33. The normalized spacial score (nSPS) is 19.2. The van der Waals surface area contributed by atoms with Crippen molar-refractivity contribution in [2.75, 3.05) is 26.2 Å². The predicted octanol–water partition coefficient (Wildman–Crippen LogP) is 0.565. The highest BCUT2D eigenvalue weighted by molar-refractivity contribution is 5.69. The zero-order valence-corrected chi connectivity index (χ0v) is 10.3. The maximum Gasteiger partial charge on any atom is 0.410 e. The van der Waals surface area contributed by atoms with Crippen LogP contribution >= 0.6 is 0 Å². The molecule has 0 aromatic carbocycles. The molecule has 5 heteroatoms. The molecule has 1 heterocycles. The first-order chi connectivity index (χ1) is 7.32. The lowest BCUT2D eigenvalue weighted by molar-refractivity contribution is -0.0389. The number of ether oxygens (including phenoxy) is 1. The average Bonchev–Trinajstić information content (AvgIpc) is 2.07. The standard InChI is InChI=1S/C11H22N2O3/c1-10(2,3)16-9(15)13-7-11(6-12,8-13)4-5-14/h14H,4-8,12H2,1-3H3. The molecular weight excluding hydrogens is 208 g/mol. The number of nitrogens with two attached hydrogens (primary N) is 1. The molecule has 1 rings (SSSR count). The summed E-state index contributed by atoms with van der Waals surface area (Å²) in [5.74, 6) is 0. The van der Waals surface area contributed by atoms with Crippen LogP contribution in [0, 0.1) is 5.41 Å². The molecule has 0 radical (unpaired) electrons. The SMILES string of the molecule is CC(C)(C)OC(=O)N1CC(CN)(CCO)C1. The Balaban J connectivity index is 2.42. The van der Waals surface area contributed by atoms with Crippen molar-refractivity contribution in [3.8, 4) is 0 Å². The second-order valence-electron chi connectivity index (χ2n) is 5.51. The molecule has 0 aromatic rings. The topological polar surface area (TPSA) is 75.8 Å². The molecule has 94 valence electrons. The fraction of sp³-hybridized carbons (Fsp3) is 0.909. The van der Waals surface area contributed by atoms with Crippen LogP contribution in [0.4, 0.5) is 4.79 Å². The number of hydrogen-bond donors (Lipinski definition) is 2. The van der Waals surface area contributed by atoms with E-state index in [0.29, 0.717) is 26.1 Å². The predicted molar refractivity (Wildman–Crippen MR) is 61.0 cm³/mol. The van der Waals surface area contributed by atoms with Gasteiger partial charge in [0.15, 0.2) is 0 Å². The van der Waals surface area contributed by atoms with Crippen molar-refractivity contribution >= 4 is 6.09 Å². The molecule has 1 aliphatic heterocycles. The van der Waals surface area contributed by atoms with Crippen molar-refractivity contribution in [1.82, 2.24) is 4.90 Å². The molecule has 3 N–H and O–H groups in total. The molecule has 1 saturated heterocycles. The summed E-state index contributed by atoms with van der Waals surface area (Å²) in [5.41, 5.74) is 5.09.